The maximum absolute atomic E-state index is 11.9. The van der Waals surface area contributed by atoms with E-state index in [4.69, 9.17) is 0 Å². The zero-order valence-electron chi connectivity index (χ0n) is 15.2. The van der Waals surface area contributed by atoms with E-state index in [1.165, 1.54) is 16.7 Å². The number of pyridine rings is 1. The molecule has 1 aromatic heterocycles. The molecular weight excluding hydrogens is 298 g/mol. The van der Waals surface area contributed by atoms with E-state index < -0.39 is 0 Å². The number of piperazine rings is 1. The van der Waals surface area contributed by atoms with Gasteiger partial charge in [-0.05, 0) is 49.2 Å². The first-order chi connectivity index (χ1) is 11.4. The third-order valence-corrected chi connectivity index (χ3v) is 5.03. The van der Waals surface area contributed by atoms with Crippen LogP contribution in [0.2, 0.25) is 0 Å². The quantitative estimate of drug-likeness (QED) is 0.868. The van der Waals surface area contributed by atoms with Gasteiger partial charge in [0.1, 0.15) is 0 Å². The molecule has 24 heavy (non-hydrogen) atoms. The van der Waals surface area contributed by atoms with Gasteiger partial charge in [-0.1, -0.05) is 18.2 Å². The smallest absolute Gasteiger partial charge is 0.253 e. The molecule has 2 aromatic rings. The third-order valence-electron chi connectivity index (χ3n) is 5.03. The molecule has 1 aromatic carbocycles. The zero-order valence-corrected chi connectivity index (χ0v) is 15.2. The number of likely N-dealkylation sites (N-methyl/N-ethyl adjacent to an activating group) is 1. The number of hydrogen-bond donors (Lipinski definition) is 0. The number of rotatable bonds is 3. The molecule has 4 nitrogen and oxygen atoms in total. The Kier molecular flexibility index (Phi) is 4.88. The Balaban J connectivity index is 1.81. The Labute approximate surface area is 144 Å². The predicted molar refractivity (Wildman–Crippen MR) is 99.4 cm³/mol. The van der Waals surface area contributed by atoms with E-state index in [0.717, 1.165) is 43.9 Å². The van der Waals surface area contributed by atoms with Gasteiger partial charge in [0, 0.05) is 51.5 Å². The molecule has 0 N–H and O–H groups in total. The molecule has 1 aliphatic rings. The Bertz CT molecular complexity index is 760. The SMILES string of the molecule is Cc1cc(-c2cc(C)c(=O)n(C)c2)ccc1CN1CCN(C)CC1. The van der Waals surface area contributed by atoms with E-state index in [1.54, 1.807) is 4.57 Å². The van der Waals surface area contributed by atoms with E-state index in [9.17, 15) is 4.79 Å². The maximum Gasteiger partial charge on any atom is 0.253 e. The first kappa shape index (κ1) is 16.9. The molecule has 0 saturated carbocycles. The fraction of sp³-hybridized carbons (Fsp3) is 0.450. The van der Waals surface area contributed by atoms with Gasteiger partial charge in [0.05, 0.1) is 0 Å². The van der Waals surface area contributed by atoms with Gasteiger partial charge < -0.3 is 9.47 Å². The van der Waals surface area contributed by atoms with Crippen molar-refractivity contribution in [3.63, 3.8) is 0 Å². The van der Waals surface area contributed by atoms with Crippen molar-refractivity contribution in [1.29, 1.82) is 0 Å². The third kappa shape index (κ3) is 3.60. The molecule has 0 bridgehead atoms. The molecule has 1 aliphatic heterocycles. The Morgan fingerprint density at radius 2 is 1.58 bits per heavy atom. The van der Waals surface area contributed by atoms with Crippen LogP contribution in [0, 0.1) is 13.8 Å². The summed E-state index contributed by atoms with van der Waals surface area (Å²) in [6.45, 7) is 9.65. The summed E-state index contributed by atoms with van der Waals surface area (Å²) in [6.07, 6.45) is 1.92. The van der Waals surface area contributed by atoms with Crippen LogP contribution in [0.3, 0.4) is 0 Å². The molecule has 2 heterocycles. The monoisotopic (exact) mass is 325 g/mol. The van der Waals surface area contributed by atoms with E-state index >= 15 is 0 Å². The summed E-state index contributed by atoms with van der Waals surface area (Å²) in [5.41, 5.74) is 5.84. The Morgan fingerprint density at radius 3 is 2.21 bits per heavy atom. The predicted octanol–water partition coefficient (Wildman–Crippen LogP) is 2.42. The van der Waals surface area contributed by atoms with Gasteiger partial charge in [-0.3, -0.25) is 9.69 Å². The fourth-order valence-corrected chi connectivity index (χ4v) is 3.34. The highest BCUT2D eigenvalue weighted by Crippen LogP contribution is 2.23. The molecule has 0 spiro atoms. The maximum atomic E-state index is 11.9. The summed E-state index contributed by atoms with van der Waals surface area (Å²) in [6, 6.07) is 8.64. The molecule has 0 amide bonds. The van der Waals surface area contributed by atoms with Gasteiger partial charge in [0.25, 0.3) is 5.56 Å². The molecule has 0 aliphatic carbocycles. The molecule has 4 heteroatoms. The molecule has 0 atom stereocenters. The normalized spacial score (nSPS) is 16.5. The lowest BCUT2D eigenvalue weighted by molar-refractivity contribution is 0.148. The van der Waals surface area contributed by atoms with Crippen LogP contribution in [-0.2, 0) is 13.6 Å². The first-order valence-corrected chi connectivity index (χ1v) is 8.62. The summed E-state index contributed by atoms with van der Waals surface area (Å²) in [4.78, 5) is 16.8. The van der Waals surface area contributed by atoms with Crippen LogP contribution in [0.1, 0.15) is 16.7 Å². The second-order valence-corrected chi connectivity index (χ2v) is 7.05. The Hall–Kier alpha value is -1.91. The van der Waals surface area contributed by atoms with E-state index in [2.05, 4.69) is 42.0 Å². The minimum Gasteiger partial charge on any atom is -0.318 e. The highest BCUT2D eigenvalue weighted by Gasteiger charge is 2.15. The van der Waals surface area contributed by atoms with Crippen molar-refractivity contribution >= 4 is 0 Å². The lowest BCUT2D eigenvalue weighted by Gasteiger charge is -2.32. The van der Waals surface area contributed by atoms with Gasteiger partial charge in [-0.15, -0.1) is 0 Å². The average molecular weight is 325 g/mol. The van der Waals surface area contributed by atoms with Crippen molar-refractivity contribution in [2.24, 2.45) is 7.05 Å². The minimum absolute atomic E-state index is 0.0714. The molecule has 0 radical (unpaired) electrons. The lowest BCUT2D eigenvalue weighted by atomic mass is 9.99. The van der Waals surface area contributed by atoms with Crippen LogP contribution in [-0.4, -0.2) is 47.6 Å². The summed E-state index contributed by atoms with van der Waals surface area (Å²) < 4.78 is 1.66. The minimum atomic E-state index is 0.0714. The molecule has 1 saturated heterocycles. The van der Waals surface area contributed by atoms with Gasteiger partial charge in [-0.25, -0.2) is 0 Å². The van der Waals surface area contributed by atoms with Gasteiger partial charge in [0.2, 0.25) is 0 Å². The fourth-order valence-electron chi connectivity index (χ4n) is 3.34. The van der Waals surface area contributed by atoms with Crippen molar-refractivity contribution in [2.45, 2.75) is 20.4 Å². The standard InChI is InChI=1S/C20H27N3O/c1-15-11-17(19-12-16(2)20(24)22(4)13-19)5-6-18(15)14-23-9-7-21(3)8-10-23/h5-6,11-13H,7-10,14H2,1-4H3. The number of benzene rings is 1. The van der Waals surface area contributed by atoms with Crippen LogP contribution >= 0.6 is 0 Å². The van der Waals surface area contributed by atoms with Gasteiger partial charge in [-0.2, -0.15) is 0 Å². The molecule has 128 valence electrons. The summed E-state index contributed by atoms with van der Waals surface area (Å²) in [7, 11) is 4.00. The van der Waals surface area contributed by atoms with Crippen LogP contribution in [0.15, 0.2) is 35.3 Å². The number of hydrogen-bond acceptors (Lipinski definition) is 3. The molecule has 3 rings (SSSR count). The summed E-state index contributed by atoms with van der Waals surface area (Å²) in [5, 5.41) is 0. The first-order valence-electron chi connectivity index (χ1n) is 8.62. The summed E-state index contributed by atoms with van der Waals surface area (Å²) >= 11 is 0. The Morgan fingerprint density at radius 1 is 0.917 bits per heavy atom. The van der Waals surface area contributed by atoms with Crippen LogP contribution in [0.25, 0.3) is 11.1 Å². The second kappa shape index (κ2) is 6.91. The van der Waals surface area contributed by atoms with Crippen LogP contribution in [0.5, 0.6) is 0 Å². The van der Waals surface area contributed by atoms with Crippen molar-refractivity contribution in [3.05, 3.63) is 57.5 Å². The van der Waals surface area contributed by atoms with Gasteiger partial charge >= 0.3 is 0 Å². The topological polar surface area (TPSA) is 28.5 Å². The average Bonchev–Trinajstić information content (AvgIpc) is 2.56. The van der Waals surface area contributed by atoms with E-state index in [1.807, 2.05) is 26.2 Å². The second-order valence-electron chi connectivity index (χ2n) is 7.05. The van der Waals surface area contributed by atoms with Crippen LogP contribution in [0.4, 0.5) is 0 Å². The number of aromatic nitrogens is 1. The molecular formula is C20H27N3O. The van der Waals surface area contributed by atoms with E-state index in [-0.39, 0.29) is 5.56 Å². The van der Waals surface area contributed by atoms with Crippen molar-refractivity contribution in [2.75, 3.05) is 33.2 Å². The van der Waals surface area contributed by atoms with E-state index in [0.29, 0.717) is 0 Å². The number of nitrogens with zero attached hydrogens (tertiary/aromatic N) is 3. The van der Waals surface area contributed by atoms with Gasteiger partial charge in [0.15, 0.2) is 0 Å². The van der Waals surface area contributed by atoms with Crippen molar-refractivity contribution in [3.8, 4) is 11.1 Å². The molecule has 0 unspecified atom stereocenters. The largest absolute Gasteiger partial charge is 0.318 e. The lowest BCUT2D eigenvalue weighted by Crippen LogP contribution is -2.43. The number of aryl methyl sites for hydroxylation is 3. The van der Waals surface area contributed by atoms with Crippen molar-refractivity contribution in [1.82, 2.24) is 14.4 Å². The van der Waals surface area contributed by atoms with Crippen LogP contribution < -0.4 is 5.56 Å². The molecule has 1 fully saturated rings. The summed E-state index contributed by atoms with van der Waals surface area (Å²) in [5.74, 6) is 0. The zero-order chi connectivity index (χ0) is 17.3. The highest BCUT2D eigenvalue weighted by atomic mass is 16.1. The van der Waals surface area contributed by atoms with Crippen molar-refractivity contribution < 1.29 is 0 Å². The highest BCUT2D eigenvalue weighted by molar-refractivity contribution is 5.64.